The minimum atomic E-state index is -5.00. The van der Waals surface area contributed by atoms with E-state index < -0.39 is 23.7 Å². The Morgan fingerprint density at radius 2 is 2.18 bits per heavy atom. The SMILES string of the molecule is O=C(c1ccco1)N1N=C2CCCCC[C@@H]2[C@@]1(O)C(F)(F)F. The molecule has 1 amide bonds. The van der Waals surface area contributed by atoms with Crippen molar-refractivity contribution >= 4 is 11.6 Å². The molecule has 22 heavy (non-hydrogen) atoms. The molecule has 8 heteroatoms. The molecule has 0 bridgehead atoms. The van der Waals surface area contributed by atoms with Gasteiger partial charge in [0.1, 0.15) is 0 Å². The maximum atomic E-state index is 13.6. The number of hydrogen-bond acceptors (Lipinski definition) is 4. The molecule has 1 saturated carbocycles. The van der Waals surface area contributed by atoms with E-state index in [0.717, 1.165) is 6.42 Å². The van der Waals surface area contributed by atoms with Gasteiger partial charge in [-0.15, -0.1) is 0 Å². The van der Waals surface area contributed by atoms with Crippen LogP contribution in [-0.4, -0.2) is 33.6 Å². The summed E-state index contributed by atoms with van der Waals surface area (Å²) >= 11 is 0. The van der Waals surface area contributed by atoms with Crippen molar-refractivity contribution in [3.63, 3.8) is 0 Å². The zero-order chi connectivity index (χ0) is 16.0. The molecule has 1 aromatic rings. The molecule has 2 atom stereocenters. The molecule has 120 valence electrons. The molecule has 2 aliphatic rings. The van der Waals surface area contributed by atoms with E-state index in [2.05, 4.69) is 5.10 Å². The maximum Gasteiger partial charge on any atom is 0.439 e. The van der Waals surface area contributed by atoms with Gasteiger partial charge in [-0.1, -0.05) is 12.8 Å². The first-order valence-electron chi connectivity index (χ1n) is 7.10. The Bertz CT molecular complexity index is 597. The Morgan fingerprint density at radius 1 is 1.41 bits per heavy atom. The van der Waals surface area contributed by atoms with E-state index in [0.29, 0.717) is 19.3 Å². The molecule has 3 rings (SSSR count). The first-order chi connectivity index (χ1) is 10.4. The summed E-state index contributed by atoms with van der Waals surface area (Å²) < 4.78 is 45.5. The van der Waals surface area contributed by atoms with Crippen molar-refractivity contribution in [2.45, 2.75) is 44.0 Å². The molecule has 1 N–H and O–H groups in total. The topological polar surface area (TPSA) is 66.0 Å². The van der Waals surface area contributed by atoms with Crippen LogP contribution in [0.5, 0.6) is 0 Å². The van der Waals surface area contributed by atoms with Gasteiger partial charge in [0.15, 0.2) is 5.76 Å². The second-order valence-electron chi connectivity index (χ2n) is 5.56. The lowest BCUT2D eigenvalue weighted by molar-refractivity contribution is -0.312. The predicted molar refractivity (Wildman–Crippen MR) is 69.9 cm³/mol. The largest absolute Gasteiger partial charge is 0.459 e. The van der Waals surface area contributed by atoms with Crippen molar-refractivity contribution < 1.29 is 27.5 Å². The molecule has 1 aliphatic carbocycles. The number of carbonyl (C=O) groups is 1. The van der Waals surface area contributed by atoms with Gasteiger partial charge >= 0.3 is 12.1 Å². The van der Waals surface area contributed by atoms with Crippen molar-refractivity contribution in [1.82, 2.24) is 5.01 Å². The summed E-state index contributed by atoms with van der Waals surface area (Å²) in [7, 11) is 0. The lowest BCUT2D eigenvalue weighted by atomic mass is 9.87. The average Bonchev–Trinajstić information content (AvgIpc) is 3.00. The Hall–Kier alpha value is -1.83. The van der Waals surface area contributed by atoms with Gasteiger partial charge in [-0.3, -0.25) is 4.79 Å². The van der Waals surface area contributed by atoms with E-state index in [-0.39, 0.29) is 22.9 Å². The lowest BCUT2D eigenvalue weighted by Crippen LogP contribution is -2.61. The minimum Gasteiger partial charge on any atom is -0.459 e. The summed E-state index contributed by atoms with van der Waals surface area (Å²) in [6.45, 7) is 0. The first kappa shape index (κ1) is 15.1. The van der Waals surface area contributed by atoms with E-state index in [1.807, 2.05) is 0 Å². The molecule has 0 aromatic carbocycles. The third-order valence-corrected chi connectivity index (χ3v) is 4.21. The number of aliphatic hydroxyl groups is 1. The fraction of sp³-hybridized carbons (Fsp3) is 0.571. The van der Waals surface area contributed by atoms with Gasteiger partial charge in [0, 0.05) is 5.71 Å². The summed E-state index contributed by atoms with van der Waals surface area (Å²) in [6.07, 6.45) is -1.27. The Balaban J connectivity index is 2.04. The second kappa shape index (κ2) is 5.12. The number of furan rings is 1. The molecule has 1 aliphatic heterocycles. The van der Waals surface area contributed by atoms with Crippen LogP contribution in [0.15, 0.2) is 27.9 Å². The zero-order valence-corrected chi connectivity index (χ0v) is 11.6. The van der Waals surface area contributed by atoms with Crippen molar-refractivity contribution in [2.24, 2.45) is 11.0 Å². The van der Waals surface area contributed by atoms with Gasteiger partial charge in [-0.25, -0.2) is 0 Å². The Labute approximate surface area is 124 Å². The van der Waals surface area contributed by atoms with E-state index in [1.165, 1.54) is 18.4 Å². The number of carbonyl (C=O) groups excluding carboxylic acids is 1. The van der Waals surface area contributed by atoms with Crippen LogP contribution in [0.1, 0.15) is 42.7 Å². The number of rotatable bonds is 1. The molecule has 0 spiro atoms. The van der Waals surface area contributed by atoms with Gasteiger partial charge in [0.05, 0.1) is 12.2 Å². The molecular formula is C14H15F3N2O3. The normalized spacial score (nSPS) is 29.0. The fourth-order valence-corrected chi connectivity index (χ4v) is 3.10. The monoisotopic (exact) mass is 316 g/mol. The lowest BCUT2D eigenvalue weighted by Gasteiger charge is -2.36. The van der Waals surface area contributed by atoms with Gasteiger partial charge in [-0.2, -0.15) is 23.3 Å². The number of halogens is 3. The van der Waals surface area contributed by atoms with E-state index in [4.69, 9.17) is 4.42 Å². The van der Waals surface area contributed by atoms with Crippen LogP contribution in [0.4, 0.5) is 13.2 Å². The molecular weight excluding hydrogens is 301 g/mol. The summed E-state index contributed by atoms with van der Waals surface area (Å²) in [5, 5.41) is 14.4. The van der Waals surface area contributed by atoms with Crippen LogP contribution < -0.4 is 0 Å². The number of hydrogen-bond donors (Lipinski definition) is 1. The van der Waals surface area contributed by atoms with Crippen LogP contribution in [0, 0.1) is 5.92 Å². The Morgan fingerprint density at radius 3 is 2.82 bits per heavy atom. The molecule has 0 saturated heterocycles. The van der Waals surface area contributed by atoms with Crippen molar-refractivity contribution in [1.29, 1.82) is 0 Å². The summed E-state index contributed by atoms with van der Waals surface area (Å²) in [4.78, 5) is 12.3. The fourth-order valence-electron chi connectivity index (χ4n) is 3.10. The van der Waals surface area contributed by atoms with Crippen LogP contribution >= 0.6 is 0 Å². The molecule has 1 fully saturated rings. The van der Waals surface area contributed by atoms with Crippen LogP contribution in [0.25, 0.3) is 0 Å². The molecule has 0 radical (unpaired) electrons. The van der Waals surface area contributed by atoms with Gasteiger partial charge < -0.3 is 9.52 Å². The molecule has 2 heterocycles. The third kappa shape index (κ3) is 2.13. The highest BCUT2D eigenvalue weighted by Gasteiger charge is 2.68. The minimum absolute atomic E-state index is 0.150. The zero-order valence-electron chi connectivity index (χ0n) is 11.6. The number of nitrogens with zero attached hydrogens (tertiary/aromatic N) is 2. The summed E-state index contributed by atoms with van der Waals surface area (Å²) in [5.41, 5.74) is -3.08. The second-order valence-corrected chi connectivity index (χ2v) is 5.56. The number of hydrazone groups is 1. The average molecular weight is 316 g/mol. The van der Waals surface area contributed by atoms with Crippen molar-refractivity contribution in [3.05, 3.63) is 24.2 Å². The standard InChI is InChI=1S/C14H15F3N2O3/c15-14(16,17)13(21)9-5-2-1-3-6-10(9)18-19(13)12(20)11-7-4-8-22-11/h4,7-9,21H,1-3,5-6H2/t9-,13+/m0/s1. The highest BCUT2D eigenvalue weighted by molar-refractivity contribution is 5.97. The van der Waals surface area contributed by atoms with Gasteiger partial charge in [0.25, 0.3) is 5.72 Å². The quantitative estimate of drug-likeness (QED) is 0.866. The van der Waals surface area contributed by atoms with Gasteiger partial charge in [-0.05, 0) is 31.4 Å². The first-order valence-corrected chi connectivity index (χ1v) is 7.10. The highest BCUT2D eigenvalue weighted by atomic mass is 19.4. The van der Waals surface area contributed by atoms with E-state index in [9.17, 15) is 23.1 Å². The van der Waals surface area contributed by atoms with E-state index >= 15 is 0 Å². The van der Waals surface area contributed by atoms with Crippen molar-refractivity contribution in [2.75, 3.05) is 0 Å². The predicted octanol–water partition coefficient (Wildman–Crippen LogP) is 2.92. The highest BCUT2D eigenvalue weighted by Crippen LogP contribution is 2.47. The van der Waals surface area contributed by atoms with Crippen LogP contribution in [0.2, 0.25) is 0 Å². The molecule has 5 nitrogen and oxygen atoms in total. The van der Waals surface area contributed by atoms with Gasteiger partial charge in [0.2, 0.25) is 0 Å². The number of alkyl halides is 3. The van der Waals surface area contributed by atoms with Crippen LogP contribution in [-0.2, 0) is 0 Å². The van der Waals surface area contributed by atoms with Crippen LogP contribution in [0.3, 0.4) is 0 Å². The summed E-state index contributed by atoms with van der Waals surface area (Å²) in [5.74, 6) is -2.59. The molecule has 1 aromatic heterocycles. The van der Waals surface area contributed by atoms with E-state index in [1.54, 1.807) is 0 Å². The number of fused-ring (bicyclic) bond motifs is 1. The number of amides is 1. The smallest absolute Gasteiger partial charge is 0.439 e. The maximum absolute atomic E-state index is 13.6. The molecule has 0 unspecified atom stereocenters. The third-order valence-electron chi connectivity index (χ3n) is 4.21. The Kier molecular flexibility index (Phi) is 3.51. The van der Waals surface area contributed by atoms with Crippen molar-refractivity contribution in [3.8, 4) is 0 Å². The summed E-state index contributed by atoms with van der Waals surface area (Å²) in [6, 6.07) is 2.63.